The topological polar surface area (TPSA) is 91.4 Å². The first-order valence-corrected chi connectivity index (χ1v) is 13.0. The lowest BCUT2D eigenvalue weighted by molar-refractivity contribution is -0.122. The van der Waals surface area contributed by atoms with Gasteiger partial charge in [-0.1, -0.05) is 36.8 Å². The van der Waals surface area contributed by atoms with Gasteiger partial charge in [0.15, 0.2) is 0 Å². The lowest BCUT2D eigenvalue weighted by Crippen LogP contribution is -2.49. The number of nitrogens with one attached hydrogen (secondary N) is 2. The Labute approximate surface area is 201 Å². The third-order valence-corrected chi connectivity index (χ3v) is 7.88. The predicted octanol–water partition coefficient (Wildman–Crippen LogP) is 3.33. The average molecular weight is 479 g/mol. The lowest BCUT2D eigenvalue weighted by Gasteiger charge is -2.32. The highest BCUT2D eigenvalue weighted by molar-refractivity contribution is 7.93. The molecule has 3 aromatic rings. The Morgan fingerprint density at radius 3 is 2.62 bits per heavy atom. The molecule has 1 aliphatic heterocycles. The molecule has 1 atom stereocenters. The summed E-state index contributed by atoms with van der Waals surface area (Å²) in [7, 11) is -4.01. The second-order valence-electron chi connectivity index (χ2n) is 8.46. The van der Waals surface area contributed by atoms with E-state index in [1.807, 2.05) is 44.2 Å². The van der Waals surface area contributed by atoms with Crippen molar-refractivity contribution in [3.05, 3.63) is 89.2 Å². The first-order chi connectivity index (χ1) is 16.4. The predicted molar refractivity (Wildman–Crippen MR) is 133 cm³/mol. The highest BCUT2D eigenvalue weighted by Gasteiger charge is 2.35. The Balaban J connectivity index is 1.70. The van der Waals surface area contributed by atoms with Crippen LogP contribution in [0.4, 0.5) is 5.69 Å². The third-order valence-electron chi connectivity index (χ3n) is 6.05. The molecule has 0 spiro atoms. The van der Waals surface area contributed by atoms with Crippen molar-refractivity contribution in [2.75, 3.05) is 10.8 Å². The number of aromatic nitrogens is 1. The summed E-state index contributed by atoms with van der Waals surface area (Å²) in [4.78, 5) is 17.7. The summed E-state index contributed by atoms with van der Waals surface area (Å²) in [6.45, 7) is 5.49. The number of sulfonamides is 1. The zero-order valence-electron chi connectivity index (χ0n) is 19.5. The lowest BCUT2D eigenvalue weighted by atomic mass is 10.0. The van der Waals surface area contributed by atoms with Gasteiger partial charge in [0.25, 0.3) is 10.0 Å². The molecule has 8 heteroatoms. The molecule has 2 N–H and O–H groups in total. The van der Waals surface area contributed by atoms with E-state index in [1.54, 1.807) is 36.5 Å². The minimum atomic E-state index is -4.01. The molecular formula is C26H30N4O3S. The molecule has 0 saturated carbocycles. The molecule has 34 heavy (non-hydrogen) atoms. The minimum absolute atomic E-state index is 0.187. The smallest absolute Gasteiger partial charge is 0.265 e. The quantitative estimate of drug-likeness (QED) is 0.518. The molecule has 0 aliphatic carbocycles. The van der Waals surface area contributed by atoms with E-state index in [1.165, 1.54) is 4.31 Å². The second kappa shape index (κ2) is 10.4. The molecule has 1 aromatic heterocycles. The normalized spacial score (nSPS) is 14.2. The number of amides is 1. The Bertz CT molecular complexity index is 1240. The number of fused-ring (bicyclic) bond motifs is 1. The number of carbonyl (C=O) groups is 1. The number of rotatable bonds is 8. The summed E-state index contributed by atoms with van der Waals surface area (Å²) in [5.74, 6) is -0.364. The van der Waals surface area contributed by atoms with Crippen LogP contribution >= 0.6 is 0 Å². The summed E-state index contributed by atoms with van der Waals surface area (Å²) >= 11 is 0. The molecule has 7 nitrogen and oxygen atoms in total. The molecule has 4 rings (SSSR count). The van der Waals surface area contributed by atoms with Crippen molar-refractivity contribution in [1.82, 2.24) is 15.6 Å². The molecule has 0 bridgehead atoms. The van der Waals surface area contributed by atoms with Crippen LogP contribution < -0.4 is 14.9 Å². The SMILES string of the molecule is CCC(C(=O)NCc1ccccn1)N(c1ccc(C)cc1)S(=O)(=O)c1ccc2c(c1)CNCC2. The number of anilines is 1. The van der Waals surface area contributed by atoms with Crippen LogP contribution in [0.1, 0.15) is 35.7 Å². The zero-order chi connectivity index (χ0) is 24.1. The molecule has 2 heterocycles. The molecule has 0 radical (unpaired) electrons. The number of pyridine rings is 1. The van der Waals surface area contributed by atoms with Crippen molar-refractivity contribution in [2.24, 2.45) is 0 Å². The fourth-order valence-electron chi connectivity index (χ4n) is 4.16. The summed E-state index contributed by atoms with van der Waals surface area (Å²) in [6.07, 6.45) is 2.84. The van der Waals surface area contributed by atoms with Gasteiger partial charge in [-0.25, -0.2) is 8.42 Å². The number of hydrogen-bond acceptors (Lipinski definition) is 5. The third kappa shape index (κ3) is 5.13. The van der Waals surface area contributed by atoms with Gasteiger partial charge in [0.2, 0.25) is 5.91 Å². The van der Waals surface area contributed by atoms with E-state index in [9.17, 15) is 13.2 Å². The van der Waals surface area contributed by atoms with Gasteiger partial charge in [-0.15, -0.1) is 0 Å². The van der Waals surface area contributed by atoms with Gasteiger partial charge in [-0.05, 0) is 73.8 Å². The highest BCUT2D eigenvalue weighted by Crippen LogP contribution is 2.29. The van der Waals surface area contributed by atoms with Gasteiger partial charge in [-0.3, -0.25) is 14.1 Å². The van der Waals surface area contributed by atoms with Crippen molar-refractivity contribution < 1.29 is 13.2 Å². The number of benzene rings is 2. The van der Waals surface area contributed by atoms with Crippen LogP contribution in [-0.4, -0.2) is 31.9 Å². The maximum atomic E-state index is 14.0. The average Bonchev–Trinajstić information content (AvgIpc) is 2.86. The van der Waals surface area contributed by atoms with E-state index in [0.717, 1.165) is 29.7 Å². The molecule has 1 unspecified atom stereocenters. The van der Waals surface area contributed by atoms with E-state index in [4.69, 9.17) is 0 Å². The maximum absolute atomic E-state index is 14.0. The van der Waals surface area contributed by atoms with Gasteiger partial charge in [0, 0.05) is 12.7 Å². The first kappa shape index (κ1) is 23.9. The molecule has 1 amide bonds. The van der Waals surface area contributed by atoms with Gasteiger partial charge < -0.3 is 10.6 Å². The van der Waals surface area contributed by atoms with Crippen LogP contribution in [0.5, 0.6) is 0 Å². The number of nitrogens with zero attached hydrogens (tertiary/aromatic N) is 2. The van der Waals surface area contributed by atoms with Crippen molar-refractivity contribution in [3.63, 3.8) is 0 Å². The molecule has 178 valence electrons. The van der Waals surface area contributed by atoms with Crippen LogP contribution in [0.25, 0.3) is 0 Å². The number of aryl methyl sites for hydroxylation is 1. The summed E-state index contributed by atoms with van der Waals surface area (Å²) < 4.78 is 29.3. The van der Waals surface area contributed by atoms with Gasteiger partial charge in [0.05, 0.1) is 22.8 Å². The molecule has 1 aliphatic rings. The number of hydrogen-bond donors (Lipinski definition) is 2. The van der Waals surface area contributed by atoms with Crippen LogP contribution in [0.3, 0.4) is 0 Å². The van der Waals surface area contributed by atoms with Crippen LogP contribution in [0.15, 0.2) is 71.8 Å². The Hall–Kier alpha value is -3.23. The monoisotopic (exact) mass is 478 g/mol. The maximum Gasteiger partial charge on any atom is 0.265 e. The van der Waals surface area contributed by atoms with Crippen molar-refractivity contribution >= 4 is 21.6 Å². The molecule has 2 aromatic carbocycles. The Morgan fingerprint density at radius 2 is 1.91 bits per heavy atom. The zero-order valence-corrected chi connectivity index (χ0v) is 20.3. The highest BCUT2D eigenvalue weighted by atomic mass is 32.2. The van der Waals surface area contributed by atoms with Crippen LogP contribution in [0.2, 0.25) is 0 Å². The Kier molecular flexibility index (Phi) is 7.29. The van der Waals surface area contributed by atoms with Gasteiger partial charge >= 0.3 is 0 Å². The van der Waals surface area contributed by atoms with Gasteiger partial charge in [-0.2, -0.15) is 0 Å². The summed E-state index contributed by atoms with van der Waals surface area (Å²) in [5.41, 5.74) is 4.30. The molecular weight excluding hydrogens is 448 g/mol. The van der Waals surface area contributed by atoms with Crippen LogP contribution in [-0.2, 0) is 34.3 Å². The van der Waals surface area contributed by atoms with Crippen molar-refractivity contribution in [3.8, 4) is 0 Å². The minimum Gasteiger partial charge on any atom is -0.349 e. The van der Waals surface area contributed by atoms with E-state index < -0.39 is 16.1 Å². The van der Waals surface area contributed by atoms with E-state index >= 15 is 0 Å². The van der Waals surface area contributed by atoms with E-state index in [2.05, 4.69) is 15.6 Å². The summed E-state index contributed by atoms with van der Waals surface area (Å²) in [5, 5.41) is 6.16. The number of carbonyl (C=O) groups excluding carboxylic acids is 1. The van der Waals surface area contributed by atoms with Gasteiger partial charge in [0.1, 0.15) is 6.04 Å². The standard InChI is InChI=1S/C26H30N4O3S/c1-3-25(26(31)29-18-22-6-4-5-14-28-22)30(23-10-7-19(2)8-11-23)34(32,33)24-12-9-20-13-15-27-17-21(20)16-24/h4-12,14,16,25,27H,3,13,15,17-18H2,1-2H3,(H,29,31). The summed E-state index contributed by atoms with van der Waals surface area (Å²) in [6, 6.07) is 17.0. The van der Waals surface area contributed by atoms with Crippen LogP contribution in [0, 0.1) is 6.92 Å². The van der Waals surface area contributed by atoms with E-state index in [-0.39, 0.29) is 17.3 Å². The molecule has 0 fully saturated rings. The largest absolute Gasteiger partial charge is 0.349 e. The first-order valence-electron chi connectivity index (χ1n) is 11.5. The van der Waals surface area contributed by atoms with Crippen molar-refractivity contribution in [2.45, 2.75) is 50.7 Å². The molecule has 0 saturated heterocycles. The second-order valence-corrected chi connectivity index (χ2v) is 10.3. The fourth-order valence-corrected chi connectivity index (χ4v) is 5.90. The fraction of sp³-hybridized carbons (Fsp3) is 0.308. The van der Waals surface area contributed by atoms with Crippen molar-refractivity contribution in [1.29, 1.82) is 0 Å². The Morgan fingerprint density at radius 1 is 1.12 bits per heavy atom. The van der Waals surface area contributed by atoms with E-state index in [0.29, 0.717) is 24.3 Å².